The largest absolute Gasteiger partial charge is 0.493 e. The van der Waals surface area contributed by atoms with Gasteiger partial charge in [0.2, 0.25) is 0 Å². The van der Waals surface area contributed by atoms with E-state index in [-0.39, 0.29) is 18.0 Å². The van der Waals surface area contributed by atoms with E-state index in [2.05, 4.69) is 36.4 Å². The number of nitrogens with one attached hydrogen (secondary N) is 1. The highest BCUT2D eigenvalue weighted by atomic mass is 16.5. The molecule has 1 aliphatic rings. The van der Waals surface area contributed by atoms with Gasteiger partial charge in [-0.05, 0) is 55.2 Å². The number of hydrazine groups is 1. The molecule has 0 radical (unpaired) electrons. The highest BCUT2D eigenvalue weighted by Gasteiger charge is 2.34. The Balaban J connectivity index is 1.94. The van der Waals surface area contributed by atoms with Crippen LogP contribution in [0.25, 0.3) is 0 Å². The molecule has 0 fully saturated rings. The number of hydrogen-bond acceptors (Lipinski definition) is 4. The van der Waals surface area contributed by atoms with Gasteiger partial charge in [0.05, 0.1) is 20.3 Å². The maximum Gasteiger partial charge on any atom is 0.265 e. The Kier molecular flexibility index (Phi) is 6.01. The van der Waals surface area contributed by atoms with Crippen LogP contribution in [0.15, 0.2) is 42.5 Å². The summed E-state index contributed by atoms with van der Waals surface area (Å²) in [5, 5.41) is 2.10. The van der Waals surface area contributed by atoms with Gasteiger partial charge in [-0.25, -0.2) is 5.01 Å². The van der Waals surface area contributed by atoms with Crippen molar-refractivity contribution >= 4 is 5.91 Å². The van der Waals surface area contributed by atoms with E-state index in [1.54, 1.807) is 14.2 Å². The lowest BCUT2D eigenvalue weighted by Gasteiger charge is -2.42. The van der Waals surface area contributed by atoms with Gasteiger partial charge in [0, 0.05) is 11.6 Å². The Morgan fingerprint density at radius 1 is 1.15 bits per heavy atom. The molecule has 0 saturated heterocycles. The summed E-state index contributed by atoms with van der Waals surface area (Å²) in [5.74, 6) is 1.40. The van der Waals surface area contributed by atoms with E-state index in [0.717, 1.165) is 30.8 Å². The van der Waals surface area contributed by atoms with Crippen LogP contribution >= 0.6 is 0 Å². The van der Waals surface area contributed by atoms with Gasteiger partial charge in [-0.2, -0.15) is 0 Å². The molecule has 0 aliphatic carbocycles. The fourth-order valence-corrected chi connectivity index (χ4v) is 3.82. The van der Waals surface area contributed by atoms with Crippen molar-refractivity contribution < 1.29 is 14.3 Å². The number of fused-ring (bicyclic) bond motifs is 1. The molecule has 27 heavy (non-hydrogen) atoms. The van der Waals surface area contributed by atoms with Crippen molar-refractivity contribution in [2.75, 3.05) is 14.2 Å². The van der Waals surface area contributed by atoms with Crippen LogP contribution in [0.3, 0.4) is 0 Å². The zero-order valence-corrected chi connectivity index (χ0v) is 16.5. The van der Waals surface area contributed by atoms with Crippen LogP contribution in [-0.4, -0.2) is 31.2 Å². The van der Waals surface area contributed by atoms with Crippen LogP contribution in [0.5, 0.6) is 11.5 Å². The first-order valence-corrected chi connectivity index (χ1v) is 9.48. The molecular weight excluding hydrogens is 340 g/mol. The predicted octanol–water partition coefficient (Wildman–Crippen LogP) is 4.14. The van der Waals surface area contributed by atoms with Crippen molar-refractivity contribution in [3.8, 4) is 11.5 Å². The Morgan fingerprint density at radius 3 is 2.44 bits per heavy atom. The third-order valence-electron chi connectivity index (χ3n) is 5.16. The van der Waals surface area contributed by atoms with Crippen LogP contribution in [-0.2, 0) is 6.42 Å². The van der Waals surface area contributed by atoms with Crippen LogP contribution in [0.2, 0.25) is 0 Å². The van der Waals surface area contributed by atoms with Crippen molar-refractivity contribution in [3.63, 3.8) is 0 Å². The number of carbonyl (C=O) groups excluding carboxylic acids is 1. The van der Waals surface area contributed by atoms with Gasteiger partial charge in [0.1, 0.15) is 0 Å². The highest BCUT2D eigenvalue weighted by Crippen LogP contribution is 2.40. The van der Waals surface area contributed by atoms with Crippen LogP contribution in [0.1, 0.15) is 54.2 Å². The van der Waals surface area contributed by atoms with E-state index in [1.807, 2.05) is 30.3 Å². The lowest BCUT2D eigenvalue weighted by molar-refractivity contribution is 0.0431. The van der Waals surface area contributed by atoms with Gasteiger partial charge in [-0.3, -0.25) is 10.2 Å². The summed E-state index contributed by atoms with van der Waals surface area (Å²) in [7, 11) is 3.31. The van der Waals surface area contributed by atoms with E-state index >= 15 is 0 Å². The molecule has 0 aromatic heterocycles. The average Bonchev–Trinajstić information content (AvgIpc) is 2.70. The Hall–Kier alpha value is -2.53. The fourth-order valence-electron chi connectivity index (χ4n) is 3.82. The molecule has 2 aromatic carbocycles. The first kappa shape index (κ1) is 19.2. The van der Waals surface area contributed by atoms with Gasteiger partial charge in [-0.15, -0.1) is 0 Å². The number of nitrogens with zero attached hydrogens (tertiary/aromatic N) is 1. The molecule has 5 nitrogen and oxygen atoms in total. The first-order valence-electron chi connectivity index (χ1n) is 9.48. The van der Waals surface area contributed by atoms with Crippen LogP contribution in [0.4, 0.5) is 0 Å². The zero-order chi connectivity index (χ0) is 19.4. The summed E-state index contributed by atoms with van der Waals surface area (Å²) in [6.07, 6.45) is 2.80. The maximum absolute atomic E-state index is 12.7. The molecule has 2 atom stereocenters. The molecule has 0 unspecified atom stereocenters. The highest BCUT2D eigenvalue weighted by molar-refractivity contribution is 5.93. The van der Waals surface area contributed by atoms with Crippen molar-refractivity contribution in [2.45, 2.75) is 45.2 Å². The molecular formula is C22H28N2O3. The minimum atomic E-state index is -0.0764. The van der Waals surface area contributed by atoms with Crippen molar-refractivity contribution in [1.82, 2.24) is 10.4 Å². The lowest BCUT2D eigenvalue weighted by Crippen LogP contribution is -2.52. The summed E-state index contributed by atoms with van der Waals surface area (Å²) >= 11 is 0. The third-order valence-corrected chi connectivity index (χ3v) is 5.16. The fraction of sp³-hybridized carbons (Fsp3) is 0.409. The average molecular weight is 368 g/mol. The number of hydrogen-bond donors (Lipinski definition) is 1. The second-order valence-corrected chi connectivity index (χ2v) is 6.98. The molecule has 3 rings (SSSR count). The summed E-state index contributed by atoms with van der Waals surface area (Å²) in [5.41, 5.74) is 6.26. The van der Waals surface area contributed by atoms with E-state index in [9.17, 15) is 4.79 Å². The van der Waals surface area contributed by atoms with Gasteiger partial charge in [0.25, 0.3) is 5.91 Å². The monoisotopic (exact) mass is 368 g/mol. The number of rotatable bonds is 6. The minimum absolute atomic E-state index is 0.0764. The molecule has 1 amide bonds. The molecule has 0 spiro atoms. The Bertz CT molecular complexity index is 792. The van der Waals surface area contributed by atoms with Crippen LogP contribution in [0, 0.1) is 0 Å². The normalized spacial score (nSPS) is 19.3. The van der Waals surface area contributed by atoms with Crippen molar-refractivity contribution in [3.05, 3.63) is 59.2 Å². The zero-order valence-electron chi connectivity index (χ0n) is 16.5. The standard InChI is InChI=1S/C22H28N2O3/c1-5-9-19-18-14-21(27-4)20(26-3)13-17(18)12-15(2)24(19)23-22(25)16-10-7-6-8-11-16/h6-8,10-11,13-15,19H,5,9,12H2,1-4H3,(H,23,25)/t15-,19+/m0/s1. The molecule has 144 valence electrons. The first-order chi connectivity index (χ1) is 13.1. The third kappa shape index (κ3) is 3.93. The number of benzene rings is 2. The summed E-state index contributed by atoms with van der Waals surface area (Å²) in [6, 6.07) is 13.7. The number of methoxy groups -OCH3 is 2. The molecule has 2 aromatic rings. The number of carbonyl (C=O) groups is 1. The number of ether oxygens (including phenoxy) is 2. The van der Waals surface area contributed by atoms with Gasteiger partial charge in [-0.1, -0.05) is 31.5 Å². The van der Waals surface area contributed by atoms with Gasteiger partial charge >= 0.3 is 0 Å². The quantitative estimate of drug-likeness (QED) is 0.833. The van der Waals surface area contributed by atoms with E-state index in [4.69, 9.17) is 9.47 Å². The topological polar surface area (TPSA) is 50.8 Å². The minimum Gasteiger partial charge on any atom is -0.493 e. The molecule has 1 N–H and O–H groups in total. The Labute approximate surface area is 161 Å². The SMILES string of the molecule is CCC[C@@H]1c2cc(OC)c(OC)cc2C[C@H](C)N1NC(=O)c1ccccc1. The lowest BCUT2D eigenvalue weighted by atomic mass is 9.87. The van der Waals surface area contributed by atoms with Gasteiger partial charge in [0.15, 0.2) is 11.5 Å². The summed E-state index contributed by atoms with van der Waals surface area (Å²) in [4.78, 5) is 12.7. The molecule has 1 heterocycles. The van der Waals surface area contributed by atoms with Crippen LogP contribution < -0.4 is 14.9 Å². The summed E-state index contributed by atoms with van der Waals surface area (Å²) < 4.78 is 11.0. The smallest absolute Gasteiger partial charge is 0.265 e. The maximum atomic E-state index is 12.7. The predicted molar refractivity (Wildman–Crippen MR) is 106 cm³/mol. The van der Waals surface area contributed by atoms with E-state index in [1.165, 1.54) is 11.1 Å². The summed E-state index contributed by atoms with van der Waals surface area (Å²) in [6.45, 7) is 4.31. The van der Waals surface area contributed by atoms with Gasteiger partial charge < -0.3 is 9.47 Å². The molecule has 0 saturated carbocycles. The molecule has 5 heteroatoms. The van der Waals surface area contributed by atoms with Crippen molar-refractivity contribution in [1.29, 1.82) is 0 Å². The number of amides is 1. The molecule has 0 bridgehead atoms. The van der Waals surface area contributed by atoms with Crippen molar-refractivity contribution in [2.24, 2.45) is 0 Å². The van der Waals surface area contributed by atoms with E-state index < -0.39 is 0 Å². The second kappa shape index (κ2) is 8.44. The molecule has 1 aliphatic heterocycles. The Morgan fingerprint density at radius 2 is 1.81 bits per heavy atom. The second-order valence-electron chi connectivity index (χ2n) is 6.98. The van der Waals surface area contributed by atoms with E-state index in [0.29, 0.717) is 5.56 Å².